The van der Waals surface area contributed by atoms with E-state index in [2.05, 4.69) is 20.6 Å². The highest BCUT2D eigenvalue weighted by atomic mass is 35.5. The number of aliphatic hydroxyl groups excluding tert-OH is 1. The van der Waals surface area contributed by atoms with E-state index in [0.29, 0.717) is 28.2 Å². The van der Waals surface area contributed by atoms with Gasteiger partial charge in [0, 0.05) is 16.7 Å². The summed E-state index contributed by atoms with van der Waals surface area (Å²) in [6, 6.07) is 16.9. The van der Waals surface area contributed by atoms with Crippen LogP contribution in [0.15, 0.2) is 54.6 Å². The lowest BCUT2D eigenvalue weighted by molar-refractivity contribution is 0.248. The molecule has 0 spiro atoms. The van der Waals surface area contributed by atoms with E-state index < -0.39 is 0 Å². The second kappa shape index (κ2) is 9.58. The number of anilines is 3. The number of aliphatic hydroxyl groups is 1. The molecule has 0 aliphatic carbocycles. The van der Waals surface area contributed by atoms with Crippen molar-refractivity contribution in [3.8, 4) is 17.0 Å². The Morgan fingerprint density at radius 1 is 1.07 bits per heavy atom. The van der Waals surface area contributed by atoms with Gasteiger partial charge in [-0.25, -0.2) is 4.98 Å². The lowest BCUT2D eigenvalue weighted by Gasteiger charge is -2.21. The molecule has 1 heterocycles. The molecule has 7 heteroatoms. The summed E-state index contributed by atoms with van der Waals surface area (Å²) in [6.07, 6.45) is 0. The van der Waals surface area contributed by atoms with Gasteiger partial charge in [0.2, 0.25) is 5.95 Å². The third-order valence-electron chi connectivity index (χ3n) is 4.54. The summed E-state index contributed by atoms with van der Waals surface area (Å²) in [5.41, 5.74) is 2.42. The first-order valence-corrected chi connectivity index (χ1v) is 9.80. The average Bonchev–Trinajstić information content (AvgIpc) is 2.72. The summed E-state index contributed by atoms with van der Waals surface area (Å²) in [6.45, 7) is 4.05. The quantitative estimate of drug-likeness (QED) is 0.484. The van der Waals surface area contributed by atoms with Gasteiger partial charge in [0.1, 0.15) is 11.6 Å². The summed E-state index contributed by atoms with van der Waals surface area (Å²) in [5.74, 6) is 1.89. The molecule has 29 heavy (non-hydrogen) atoms. The van der Waals surface area contributed by atoms with Crippen LogP contribution in [0.3, 0.4) is 0 Å². The zero-order chi connectivity index (χ0) is 20.8. The molecule has 1 atom stereocenters. The molecule has 0 aliphatic heterocycles. The Bertz CT molecular complexity index is 951. The van der Waals surface area contributed by atoms with Crippen LogP contribution in [0.2, 0.25) is 5.02 Å². The standard InChI is InChI=1S/C22H25ClN4O2/c1-14(2)19(13-28)26-22-25-17(15-7-5-4-6-8-15)12-21(27-22)24-18-11-16(23)9-10-20(18)29-3/h4-12,14,19,28H,13H2,1-3H3,(H2,24,25,26,27)/t19-/m1/s1. The number of halogens is 1. The molecular formula is C22H25ClN4O2. The first-order chi connectivity index (χ1) is 14.0. The normalized spacial score (nSPS) is 11.9. The van der Waals surface area contributed by atoms with E-state index in [1.807, 2.05) is 50.2 Å². The lowest BCUT2D eigenvalue weighted by Crippen LogP contribution is -2.30. The van der Waals surface area contributed by atoms with Crippen molar-refractivity contribution < 1.29 is 9.84 Å². The molecule has 0 aliphatic rings. The number of hydrogen-bond donors (Lipinski definition) is 3. The van der Waals surface area contributed by atoms with Crippen LogP contribution < -0.4 is 15.4 Å². The van der Waals surface area contributed by atoms with Crippen LogP contribution in [0, 0.1) is 5.92 Å². The highest BCUT2D eigenvalue weighted by molar-refractivity contribution is 6.31. The fourth-order valence-corrected chi connectivity index (χ4v) is 3.01. The van der Waals surface area contributed by atoms with Crippen molar-refractivity contribution in [3.63, 3.8) is 0 Å². The van der Waals surface area contributed by atoms with Crippen LogP contribution in [-0.2, 0) is 0 Å². The molecule has 0 saturated carbocycles. The Labute approximate surface area is 175 Å². The van der Waals surface area contributed by atoms with Crippen LogP contribution in [0.25, 0.3) is 11.3 Å². The SMILES string of the molecule is COc1ccc(Cl)cc1Nc1cc(-c2ccccc2)nc(N[C@H](CO)C(C)C)n1. The average molecular weight is 413 g/mol. The largest absolute Gasteiger partial charge is 0.495 e. The molecule has 3 aromatic rings. The first kappa shape index (κ1) is 20.9. The number of aromatic nitrogens is 2. The number of nitrogens with one attached hydrogen (secondary N) is 2. The highest BCUT2D eigenvalue weighted by Gasteiger charge is 2.15. The summed E-state index contributed by atoms with van der Waals surface area (Å²) >= 11 is 6.15. The molecule has 0 fully saturated rings. The van der Waals surface area contributed by atoms with Gasteiger partial charge in [-0.05, 0) is 24.1 Å². The smallest absolute Gasteiger partial charge is 0.225 e. The van der Waals surface area contributed by atoms with Gasteiger partial charge in [-0.2, -0.15) is 4.98 Å². The summed E-state index contributed by atoms with van der Waals surface area (Å²) < 4.78 is 5.42. The van der Waals surface area contributed by atoms with E-state index in [-0.39, 0.29) is 18.6 Å². The van der Waals surface area contributed by atoms with Crippen LogP contribution in [0.4, 0.5) is 17.5 Å². The summed E-state index contributed by atoms with van der Waals surface area (Å²) in [4.78, 5) is 9.23. The number of rotatable bonds is 8. The fourth-order valence-electron chi connectivity index (χ4n) is 2.84. The molecule has 3 rings (SSSR count). The minimum atomic E-state index is -0.158. The Morgan fingerprint density at radius 2 is 1.83 bits per heavy atom. The van der Waals surface area contributed by atoms with Crippen molar-refractivity contribution >= 4 is 29.1 Å². The van der Waals surface area contributed by atoms with E-state index in [9.17, 15) is 5.11 Å². The zero-order valence-electron chi connectivity index (χ0n) is 16.7. The van der Waals surface area contributed by atoms with Gasteiger partial charge in [-0.15, -0.1) is 0 Å². The minimum Gasteiger partial charge on any atom is -0.495 e. The highest BCUT2D eigenvalue weighted by Crippen LogP contribution is 2.31. The third-order valence-corrected chi connectivity index (χ3v) is 4.77. The molecule has 0 unspecified atom stereocenters. The summed E-state index contributed by atoms with van der Waals surface area (Å²) in [5, 5.41) is 16.8. The van der Waals surface area contributed by atoms with Crippen LogP contribution in [0.1, 0.15) is 13.8 Å². The monoisotopic (exact) mass is 412 g/mol. The Hall–Kier alpha value is -2.83. The molecule has 2 aromatic carbocycles. The van der Waals surface area contributed by atoms with Crippen molar-refractivity contribution in [2.24, 2.45) is 5.92 Å². The number of hydrogen-bond acceptors (Lipinski definition) is 6. The van der Waals surface area contributed by atoms with Crippen molar-refractivity contribution in [1.29, 1.82) is 0 Å². The Morgan fingerprint density at radius 3 is 2.48 bits per heavy atom. The third kappa shape index (κ3) is 5.37. The zero-order valence-corrected chi connectivity index (χ0v) is 17.4. The molecule has 0 amide bonds. The number of nitrogens with zero attached hydrogens (tertiary/aromatic N) is 2. The number of methoxy groups -OCH3 is 1. The molecule has 0 bridgehead atoms. The van der Waals surface area contributed by atoms with Gasteiger partial charge in [0.25, 0.3) is 0 Å². The summed E-state index contributed by atoms with van der Waals surface area (Å²) in [7, 11) is 1.60. The van der Waals surface area contributed by atoms with Gasteiger partial charge in [-0.1, -0.05) is 55.8 Å². The predicted octanol–water partition coefficient (Wildman–Crippen LogP) is 4.98. The van der Waals surface area contributed by atoms with Gasteiger partial charge in [-0.3, -0.25) is 0 Å². The van der Waals surface area contributed by atoms with Crippen molar-refractivity contribution in [2.45, 2.75) is 19.9 Å². The molecule has 0 saturated heterocycles. The molecule has 152 valence electrons. The van der Waals surface area contributed by atoms with Crippen LogP contribution in [0.5, 0.6) is 5.75 Å². The molecule has 3 N–H and O–H groups in total. The Balaban J connectivity index is 2.01. The van der Waals surface area contributed by atoms with E-state index in [1.54, 1.807) is 25.3 Å². The van der Waals surface area contributed by atoms with Crippen molar-refractivity contribution in [1.82, 2.24) is 9.97 Å². The maximum absolute atomic E-state index is 9.68. The number of ether oxygens (including phenoxy) is 1. The predicted molar refractivity (Wildman–Crippen MR) is 118 cm³/mol. The van der Waals surface area contributed by atoms with Gasteiger partial charge in [0.15, 0.2) is 0 Å². The van der Waals surface area contributed by atoms with Crippen LogP contribution >= 0.6 is 11.6 Å². The van der Waals surface area contributed by atoms with Crippen LogP contribution in [-0.4, -0.2) is 34.8 Å². The topological polar surface area (TPSA) is 79.3 Å². The van der Waals surface area contributed by atoms with E-state index in [1.165, 1.54) is 0 Å². The van der Waals surface area contributed by atoms with Gasteiger partial charge < -0.3 is 20.5 Å². The van der Waals surface area contributed by atoms with Gasteiger partial charge in [0.05, 0.1) is 31.1 Å². The number of benzene rings is 2. The second-order valence-electron chi connectivity index (χ2n) is 6.98. The molecule has 6 nitrogen and oxygen atoms in total. The van der Waals surface area contributed by atoms with E-state index in [0.717, 1.165) is 11.3 Å². The molecule has 1 aromatic heterocycles. The van der Waals surface area contributed by atoms with E-state index in [4.69, 9.17) is 16.3 Å². The maximum Gasteiger partial charge on any atom is 0.225 e. The Kier molecular flexibility index (Phi) is 6.90. The van der Waals surface area contributed by atoms with Crippen molar-refractivity contribution in [2.75, 3.05) is 24.4 Å². The van der Waals surface area contributed by atoms with Gasteiger partial charge >= 0.3 is 0 Å². The molecular weight excluding hydrogens is 388 g/mol. The maximum atomic E-state index is 9.68. The lowest BCUT2D eigenvalue weighted by atomic mass is 10.1. The fraction of sp³-hybridized carbons (Fsp3) is 0.273. The van der Waals surface area contributed by atoms with Crippen molar-refractivity contribution in [3.05, 3.63) is 59.6 Å². The first-order valence-electron chi connectivity index (χ1n) is 9.42. The van der Waals surface area contributed by atoms with E-state index >= 15 is 0 Å². The minimum absolute atomic E-state index is 0.0124. The second-order valence-corrected chi connectivity index (χ2v) is 7.41. The molecule has 0 radical (unpaired) electrons.